The average molecular weight is 245 g/mol. The highest BCUT2D eigenvalue weighted by molar-refractivity contribution is 7.81. The van der Waals surface area contributed by atoms with Crippen LogP contribution in [-0.2, 0) is 4.79 Å². The second-order valence-electron chi connectivity index (χ2n) is 6.05. The van der Waals surface area contributed by atoms with Gasteiger partial charge in [-0.25, -0.2) is 0 Å². The minimum absolute atomic E-state index is 0.00192. The zero-order valence-electron chi connectivity index (χ0n) is 11.5. The lowest BCUT2D eigenvalue weighted by molar-refractivity contribution is -0.125. The molecule has 0 saturated carbocycles. The van der Waals surface area contributed by atoms with E-state index in [0.29, 0.717) is 0 Å². The van der Waals surface area contributed by atoms with E-state index in [1.807, 2.05) is 13.8 Å². The molecule has 3 heteroatoms. The van der Waals surface area contributed by atoms with Crippen molar-refractivity contribution in [3.63, 3.8) is 0 Å². The first-order valence-electron chi connectivity index (χ1n) is 6.05. The third-order valence-corrected chi connectivity index (χ3v) is 3.79. The Balaban J connectivity index is 4.72. The molecule has 2 nitrogen and oxygen atoms in total. The topological polar surface area (TPSA) is 43.1 Å². The van der Waals surface area contributed by atoms with Crippen LogP contribution in [0, 0.1) is 11.3 Å². The number of rotatable bonds is 6. The zero-order chi connectivity index (χ0) is 13.1. The maximum absolute atomic E-state index is 11.9. The van der Waals surface area contributed by atoms with E-state index in [1.54, 1.807) is 0 Å². The molecular weight excluding hydrogens is 218 g/mol. The van der Waals surface area contributed by atoms with Crippen molar-refractivity contribution in [2.75, 3.05) is 0 Å². The van der Waals surface area contributed by atoms with Crippen LogP contribution in [0.25, 0.3) is 0 Å². The van der Waals surface area contributed by atoms with Crippen molar-refractivity contribution in [2.24, 2.45) is 17.1 Å². The van der Waals surface area contributed by atoms with Crippen LogP contribution in [0.4, 0.5) is 0 Å². The van der Waals surface area contributed by atoms with E-state index in [-0.39, 0.29) is 21.9 Å². The smallest absolute Gasteiger partial charge is 0.152 e. The molecule has 0 aromatic rings. The monoisotopic (exact) mass is 245 g/mol. The van der Waals surface area contributed by atoms with E-state index in [2.05, 4.69) is 40.3 Å². The lowest BCUT2D eigenvalue weighted by Gasteiger charge is -2.37. The lowest BCUT2D eigenvalue weighted by Crippen LogP contribution is -2.48. The Bertz CT molecular complexity index is 246. The maximum atomic E-state index is 11.9. The Morgan fingerprint density at radius 1 is 1.31 bits per heavy atom. The molecule has 16 heavy (non-hydrogen) atoms. The largest absolute Gasteiger partial charge is 0.321 e. The average Bonchev–Trinajstić information content (AvgIpc) is 2.13. The van der Waals surface area contributed by atoms with Gasteiger partial charge in [-0.1, -0.05) is 41.5 Å². The molecule has 96 valence electrons. The molecule has 0 aliphatic carbocycles. The number of thiol groups is 1. The van der Waals surface area contributed by atoms with Gasteiger partial charge < -0.3 is 5.73 Å². The van der Waals surface area contributed by atoms with E-state index < -0.39 is 6.04 Å². The molecule has 2 atom stereocenters. The minimum Gasteiger partial charge on any atom is -0.321 e. The fourth-order valence-electron chi connectivity index (χ4n) is 1.96. The standard InChI is InChI=1S/C13H27NOS/c1-7-13(6,16)8-12(4,5)11(14)10(15)9(2)3/h9,11,16H,7-8,14H2,1-6H3. The number of carbonyl (C=O) groups excluding carboxylic acids is 1. The van der Waals surface area contributed by atoms with E-state index in [1.165, 1.54) is 0 Å². The van der Waals surface area contributed by atoms with Gasteiger partial charge in [0.05, 0.1) is 6.04 Å². The summed E-state index contributed by atoms with van der Waals surface area (Å²) in [5.74, 6) is 0.146. The Labute approximate surface area is 106 Å². The lowest BCUT2D eigenvalue weighted by atomic mass is 9.73. The SMILES string of the molecule is CCC(C)(S)CC(C)(C)C(N)C(=O)C(C)C. The molecule has 0 heterocycles. The number of ketones is 1. The number of carbonyl (C=O) groups is 1. The third-order valence-electron chi connectivity index (χ3n) is 3.32. The van der Waals surface area contributed by atoms with Crippen molar-refractivity contribution >= 4 is 18.4 Å². The van der Waals surface area contributed by atoms with E-state index in [4.69, 9.17) is 5.73 Å². The van der Waals surface area contributed by atoms with Gasteiger partial charge in [0, 0.05) is 10.7 Å². The van der Waals surface area contributed by atoms with Crippen LogP contribution in [0.2, 0.25) is 0 Å². The van der Waals surface area contributed by atoms with Crippen LogP contribution in [0.15, 0.2) is 0 Å². The Morgan fingerprint density at radius 3 is 2.06 bits per heavy atom. The molecule has 0 spiro atoms. The van der Waals surface area contributed by atoms with Crippen molar-refractivity contribution in [1.29, 1.82) is 0 Å². The van der Waals surface area contributed by atoms with Crippen molar-refractivity contribution in [3.8, 4) is 0 Å². The van der Waals surface area contributed by atoms with Crippen molar-refractivity contribution < 1.29 is 4.79 Å². The first kappa shape index (κ1) is 16.0. The molecular formula is C13H27NOS. The number of hydrogen-bond donors (Lipinski definition) is 2. The van der Waals surface area contributed by atoms with E-state index in [9.17, 15) is 4.79 Å². The van der Waals surface area contributed by atoms with Gasteiger partial charge >= 0.3 is 0 Å². The summed E-state index contributed by atoms with van der Waals surface area (Å²) in [5.41, 5.74) is 5.87. The molecule has 2 unspecified atom stereocenters. The Hall–Kier alpha value is -0.0200. The number of nitrogens with two attached hydrogens (primary N) is 1. The third kappa shape index (κ3) is 4.46. The van der Waals surface area contributed by atoms with Crippen LogP contribution in [-0.4, -0.2) is 16.6 Å². The van der Waals surface area contributed by atoms with Crippen molar-refractivity contribution in [1.82, 2.24) is 0 Å². The van der Waals surface area contributed by atoms with Gasteiger partial charge in [0.25, 0.3) is 0 Å². The zero-order valence-corrected chi connectivity index (χ0v) is 12.4. The second-order valence-corrected chi connectivity index (χ2v) is 7.13. The molecule has 0 radical (unpaired) electrons. The molecule has 0 amide bonds. The fraction of sp³-hybridized carbons (Fsp3) is 0.923. The summed E-state index contributed by atoms with van der Waals surface area (Å²) in [6.07, 6.45) is 1.82. The molecule has 0 aromatic carbocycles. The van der Waals surface area contributed by atoms with E-state index in [0.717, 1.165) is 12.8 Å². The summed E-state index contributed by atoms with van der Waals surface area (Å²) >= 11 is 4.63. The predicted octanol–water partition coefficient (Wildman–Crippen LogP) is 3.05. The minimum atomic E-state index is -0.398. The second kappa shape index (κ2) is 5.54. The normalized spacial score (nSPS) is 18.3. The number of Topliss-reactive ketones (excluding diaryl/α,β-unsaturated/α-hetero) is 1. The first-order valence-corrected chi connectivity index (χ1v) is 6.50. The fourth-order valence-corrected chi connectivity index (χ4v) is 2.37. The summed E-state index contributed by atoms with van der Waals surface area (Å²) in [5, 5.41) is 0. The predicted molar refractivity (Wildman–Crippen MR) is 73.9 cm³/mol. The molecule has 0 bridgehead atoms. The summed E-state index contributed by atoms with van der Waals surface area (Å²) < 4.78 is -0.0572. The van der Waals surface area contributed by atoms with Crippen molar-refractivity contribution in [3.05, 3.63) is 0 Å². The molecule has 0 fully saturated rings. The van der Waals surface area contributed by atoms with E-state index >= 15 is 0 Å². The summed E-state index contributed by atoms with van der Waals surface area (Å²) in [4.78, 5) is 11.9. The maximum Gasteiger partial charge on any atom is 0.152 e. The van der Waals surface area contributed by atoms with Crippen LogP contribution in [0.1, 0.15) is 54.4 Å². The van der Waals surface area contributed by atoms with Gasteiger partial charge in [-0.15, -0.1) is 0 Å². The summed E-state index contributed by atoms with van der Waals surface area (Å²) in [7, 11) is 0. The van der Waals surface area contributed by atoms with Gasteiger partial charge in [0.1, 0.15) is 0 Å². The molecule has 0 aromatic heterocycles. The highest BCUT2D eigenvalue weighted by atomic mass is 32.1. The highest BCUT2D eigenvalue weighted by Gasteiger charge is 2.37. The van der Waals surface area contributed by atoms with Crippen LogP contribution < -0.4 is 5.73 Å². The first-order chi connectivity index (χ1) is 7.03. The van der Waals surface area contributed by atoms with Gasteiger partial charge in [-0.3, -0.25) is 4.79 Å². The van der Waals surface area contributed by atoms with Crippen LogP contribution >= 0.6 is 12.6 Å². The molecule has 0 rings (SSSR count). The molecule has 2 N–H and O–H groups in total. The molecule has 0 saturated heterocycles. The highest BCUT2D eigenvalue weighted by Crippen LogP contribution is 2.36. The van der Waals surface area contributed by atoms with Gasteiger partial charge in [0.2, 0.25) is 0 Å². The van der Waals surface area contributed by atoms with Crippen molar-refractivity contribution in [2.45, 2.75) is 65.2 Å². The summed E-state index contributed by atoms with van der Waals surface area (Å²) in [6.45, 7) is 12.1. The van der Waals surface area contributed by atoms with Crippen LogP contribution in [0.3, 0.4) is 0 Å². The van der Waals surface area contributed by atoms with Gasteiger partial charge in [-0.2, -0.15) is 12.6 Å². The summed E-state index contributed by atoms with van der Waals surface area (Å²) in [6, 6.07) is -0.398. The molecule has 0 aliphatic rings. The Morgan fingerprint density at radius 2 is 1.75 bits per heavy atom. The quantitative estimate of drug-likeness (QED) is 0.706. The number of hydrogen-bond acceptors (Lipinski definition) is 3. The van der Waals surface area contributed by atoms with Gasteiger partial charge in [-0.05, 0) is 18.3 Å². The Kier molecular flexibility index (Phi) is 5.54. The molecule has 0 aliphatic heterocycles. The van der Waals surface area contributed by atoms with Crippen LogP contribution in [0.5, 0.6) is 0 Å². The van der Waals surface area contributed by atoms with Gasteiger partial charge in [0.15, 0.2) is 5.78 Å².